The molecule has 1 aromatic carbocycles. The molecule has 1 aliphatic rings. The Hall–Kier alpha value is -1.92. The van der Waals surface area contributed by atoms with Crippen molar-refractivity contribution in [2.75, 3.05) is 11.5 Å². The molecule has 0 radical (unpaired) electrons. The number of carbonyl (C=O) groups is 2. The molecule has 0 bridgehead atoms. The van der Waals surface area contributed by atoms with Gasteiger partial charge >= 0.3 is 0 Å². The fraction of sp³-hybridized carbons (Fsp3) is 0.333. The minimum absolute atomic E-state index is 0.215. The minimum Gasteiger partial charge on any atom is -0.482 e. The number of aliphatic hydroxyl groups excluding tert-OH is 1. The molecule has 18 heavy (non-hydrogen) atoms. The van der Waals surface area contributed by atoms with Crippen molar-refractivity contribution in [2.24, 2.45) is 5.73 Å². The molecule has 0 aromatic heterocycles. The zero-order valence-corrected chi connectivity index (χ0v) is 9.92. The van der Waals surface area contributed by atoms with Crippen LogP contribution in [-0.4, -0.2) is 29.6 Å². The normalized spacial score (nSPS) is 15.9. The van der Waals surface area contributed by atoms with Gasteiger partial charge in [-0.2, -0.15) is 0 Å². The first kappa shape index (κ1) is 12.5. The summed E-state index contributed by atoms with van der Waals surface area (Å²) in [5.74, 6) is -0.734. The van der Waals surface area contributed by atoms with Crippen LogP contribution in [0.2, 0.25) is 0 Å². The van der Waals surface area contributed by atoms with Gasteiger partial charge in [0.25, 0.3) is 11.8 Å². The van der Waals surface area contributed by atoms with Gasteiger partial charge in [0.1, 0.15) is 11.9 Å². The first-order chi connectivity index (χ1) is 8.54. The molecule has 6 nitrogen and oxygen atoms in total. The summed E-state index contributed by atoms with van der Waals surface area (Å²) >= 11 is 0. The molecular weight excluding hydrogens is 236 g/mol. The summed E-state index contributed by atoms with van der Waals surface area (Å²) in [4.78, 5) is 24.5. The highest BCUT2D eigenvalue weighted by molar-refractivity contribution is 6.18. The van der Waals surface area contributed by atoms with E-state index in [0.717, 1.165) is 10.5 Å². The maximum Gasteiger partial charge on any atom is 0.271 e. The van der Waals surface area contributed by atoms with E-state index in [1.54, 1.807) is 18.2 Å². The number of anilines is 1. The predicted octanol–water partition coefficient (Wildman–Crippen LogP) is -0.222. The van der Waals surface area contributed by atoms with Crippen LogP contribution in [0.4, 0.5) is 5.69 Å². The van der Waals surface area contributed by atoms with Crippen molar-refractivity contribution in [3.05, 3.63) is 23.8 Å². The van der Waals surface area contributed by atoms with Crippen LogP contribution >= 0.6 is 0 Å². The van der Waals surface area contributed by atoms with E-state index < -0.39 is 17.9 Å². The van der Waals surface area contributed by atoms with E-state index in [1.165, 1.54) is 6.92 Å². The minimum atomic E-state index is -1.25. The number of hydrogen-bond acceptors (Lipinski definition) is 5. The Labute approximate surface area is 104 Å². The molecule has 3 N–H and O–H groups in total. The number of hydrogen-bond donors (Lipinski definition) is 2. The second-order valence-corrected chi connectivity index (χ2v) is 4.04. The lowest BCUT2D eigenvalue weighted by molar-refractivity contribution is -0.132. The Bertz CT molecular complexity index is 499. The van der Waals surface area contributed by atoms with Gasteiger partial charge in [-0.25, -0.2) is 4.90 Å². The number of amides is 2. The molecule has 2 amide bonds. The average molecular weight is 250 g/mol. The first-order valence-electron chi connectivity index (χ1n) is 5.55. The molecule has 1 unspecified atom stereocenters. The van der Waals surface area contributed by atoms with Gasteiger partial charge in [-0.3, -0.25) is 9.59 Å². The Balaban J connectivity index is 2.48. The largest absolute Gasteiger partial charge is 0.482 e. The van der Waals surface area contributed by atoms with Crippen molar-refractivity contribution in [1.29, 1.82) is 0 Å². The molecule has 2 rings (SSSR count). The van der Waals surface area contributed by atoms with E-state index in [4.69, 9.17) is 10.5 Å². The highest BCUT2D eigenvalue weighted by Gasteiger charge is 2.32. The monoisotopic (exact) mass is 250 g/mol. The van der Waals surface area contributed by atoms with Crippen LogP contribution in [0.5, 0.6) is 5.75 Å². The van der Waals surface area contributed by atoms with E-state index in [0.29, 0.717) is 11.4 Å². The van der Waals surface area contributed by atoms with Crippen molar-refractivity contribution in [1.82, 2.24) is 0 Å². The van der Waals surface area contributed by atoms with Crippen LogP contribution < -0.4 is 15.4 Å². The van der Waals surface area contributed by atoms with Crippen molar-refractivity contribution >= 4 is 17.5 Å². The smallest absolute Gasteiger partial charge is 0.271 e. The number of nitrogens with two attached hydrogens (primary N) is 1. The van der Waals surface area contributed by atoms with Gasteiger partial charge in [0.05, 0.1) is 5.69 Å². The number of rotatable bonds is 2. The summed E-state index contributed by atoms with van der Waals surface area (Å²) in [6.45, 7) is 1.39. The van der Waals surface area contributed by atoms with Gasteiger partial charge in [-0.1, -0.05) is 6.07 Å². The quantitative estimate of drug-likeness (QED) is 0.756. The fourth-order valence-corrected chi connectivity index (χ4v) is 1.75. The maximum atomic E-state index is 11.8. The van der Waals surface area contributed by atoms with Crippen LogP contribution in [0.3, 0.4) is 0 Å². The average Bonchev–Trinajstić information content (AvgIpc) is 2.37. The summed E-state index contributed by atoms with van der Waals surface area (Å²) in [5.41, 5.74) is 6.63. The molecule has 0 saturated heterocycles. The molecular formula is C12H14N2O4. The molecule has 0 fully saturated rings. The number of ether oxygens (including phenoxy) is 1. The third kappa shape index (κ3) is 2.07. The molecule has 1 heterocycles. The number of fused-ring (bicyclic) bond motifs is 1. The SMILES string of the molecule is CC(O)C(=O)N1C(=O)COc2ccc(CN)cc21. The number of benzene rings is 1. The van der Waals surface area contributed by atoms with Crippen LogP contribution in [0.25, 0.3) is 0 Å². The number of imide groups is 1. The zero-order valence-electron chi connectivity index (χ0n) is 9.92. The van der Waals surface area contributed by atoms with Gasteiger partial charge in [-0.05, 0) is 24.6 Å². The third-order valence-electron chi connectivity index (χ3n) is 2.68. The molecule has 6 heteroatoms. The standard InChI is InChI=1S/C12H14N2O4/c1-7(15)12(17)14-9-4-8(5-13)2-3-10(9)18-6-11(14)16/h2-4,7,15H,5-6,13H2,1H3. The third-order valence-corrected chi connectivity index (χ3v) is 2.68. The Morgan fingerprint density at radius 2 is 2.33 bits per heavy atom. The second-order valence-electron chi connectivity index (χ2n) is 4.04. The number of carbonyl (C=O) groups excluding carboxylic acids is 2. The lowest BCUT2D eigenvalue weighted by atomic mass is 10.1. The molecule has 1 aliphatic heterocycles. The molecule has 96 valence electrons. The van der Waals surface area contributed by atoms with Crippen molar-refractivity contribution in [2.45, 2.75) is 19.6 Å². The van der Waals surface area contributed by atoms with E-state index in [1.807, 2.05) is 0 Å². The summed E-state index contributed by atoms with van der Waals surface area (Å²) in [6, 6.07) is 5.04. The number of nitrogens with zero attached hydrogens (tertiary/aromatic N) is 1. The van der Waals surface area contributed by atoms with E-state index >= 15 is 0 Å². The maximum absolute atomic E-state index is 11.8. The van der Waals surface area contributed by atoms with Gasteiger partial charge in [-0.15, -0.1) is 0 Å². The van der Waals surface area contributed by atoms with E-state index in [2.05, 4.69) is 0 Å². The highest BCUT2D eigenvalue weighted by atomic mass is 16.5. The van der Waals surface area contributed by atoms with Gasteiger partial charge in [0, 0.05) is 6.54 Å². The zero-order chi connectivity index (χ0) is 13.3. The summed E-state index contributed by atoms with van der Waals surface area (Å²) in [7, 11) is 0. The van der Waals surface area contributed by atoms with Gasteiger partial charge < -0.3 is 15.6 Å². The Kier molecular flexibility index (Phi) is 3.31. The summed E-state index contributed by atoms with van der Waals surface area (Å²) < 4.78 is 5.23. The Morgan fingerprint density at radius 3 is 2.94 bits per heavy atom. The second kappa shape index (κ2) is 4.75. The van der Waals surface area contributed by atoms with Crippen LogP contribution in [-0.2, 0) is 16.1 Å². The van der Waals surface area contributed by atoms with E-state index in [-0.39, 0.29) is 13.2 Å². The van der Waals surface area contributed by atoms with E-state index in [9.17, 15) is 14.7 Å². The number of aliphatic hydroxyl groups is 1. The highest BCUT2D eigenvalue weighted by Crippen LogP contribution is 2.33. The van der Waals surface area contributed by atoms with Gasteiger partial charge in [0.15, 0.2) is 6.61 Å². The summed E-state index contributed by atoms with van der Waals surface area (Å²) in [6.07, 6.45) is -1.25. The topological polar surface area (TPSA) is 92.9 Å². The van der Waals surface area contributed by atoms with Crippen molar-refractivity contribution in [3.63, 3.8) is 0 Å². The van der Waals surface area contributed by atoms with Crippen molar-refractivity contribution in [3.8, 4) is 5.75 Å². The predicted molar refractivity (Wildman–Crippen MR) is 64.0 cm³/mol. The first-order valence-corrected chi connectivity index (χ1v) is 5.55. The van der Waals surface area contributed by atoms with Crippen molar-refractivity contribution < 1.29 is 19.4 Å². The molecule has 0 aliphatic carbocycles. The fourth-order valence-electron chi connectivity index (χ4n) is 1.75. The van der Waals surface area contributed by atoms with Crippen LogP contribution in [0, 0.1) is 0 Å². The molecule has 1 atom stereocenters. The van der Waals surface area contributed by atoms with Crippen LogP contribution in [0.15, 0.2) is 18.2 Å². The van der Waals surface area contributed by atoms with Crippen LogP contribution in [0.1, 0.15) is 12.5 Å². The molecule has 1 aromatic rings. The lowest BCUT2D eigenvalue weighted by Crippen LogP contribution is -2.47. The lowest BCUT2D eigenvalue weighted by Gasteiger charge is -2.28. The van der Waals surface area contributed by atoms with Gasteiger partial charge in [0.2, 0.25) is 0 Å². The molecule has 0 saturated carbocycles. The summed E-state index contributed by atoms with van der Waals surface area (Å²) in [5, 5.41) is 9.33. The molecule has 0 spiro atoms. The Morgan fingerprint density at radius 1 is 1.61 bits per heavy atom.